The Kier molecular flexibility index (Phi) is 5.52. The Labute approximate surface area is 171 Å². The lowest BCUT2D eigenvalue weighted by Gasteiger charge is -2.35. The Bertz CT molecular complexity index is 833. The molecule has 0 amide bonds. The van der Waals surface area contributed by atoms with Gasteiger partial charge >= 0.3 is 0 Å². The predicted octanol–water partition coefficient (Wildman–Crippen LogP) is 3.78. The highest BCUT2D eigenvalue weighted by Gasteiger charge is 2.22. The average molecular weight is 399 g/mol. The number of piperidine rings is 1. The molecule has 7 heteroatoms. The van der Waals surface area contributed by atoms with Crippen LogP contribution in [0.4, 0.5) is 11.5 Å². The first-order valence-corrected chi connectivity index (χ1v) is 10.1. The van der Waals surface area contributed by atoms with Crippen LogP contribution in [0.25, 0.3) is 0 Å². The minimum Gasteiger partial charge on any atom is -0.454 e. The summed E-state index contributed by atoms with van der Waals surface area (Å²) in [4.78, 5) is 7.00. The van der Waals surface area contributed by atoms with E-state index in [2.05, 4.69) is 40.4 Å². The first-order valence-electron chi connectivity index (χ1n) is 9.71. The summed E-state index contributed by atoms with van der Waals surface area (Å²) < 4.78 is 10.7. The average Bonchev–Trinajstić information content (AvgIpc) is 3.14. The molecular weight excluding hydrogens is 372 g/mol. The van der Waals surface area contributed by atoms with E-state index in [4.69, 9.17) is 21.7 Å². The maximum absolute atomic E-state index is 5.41. The van der Waals surface area contributed by atoms with Crippen LogP contribution in [0.5, 0.6) is 11.5 Å². The van der Waals surface area contributed by atoms with Gasteiger partial charge in [0.15, 0.2) is 16.6 Å². The van der Waals surface area contributed by atoms with Crippen LogP contribution in [0.3, 0.4) is 0 Å². The zero-order chi connectivity index (χ0) is 19.5. The topological polar surface area (TPSA) is 58.7 Å². The summed E-state index contributed by atoms with van der Waals surface area (Å²) in [5, 5.41) is 6.97. The second kappa shape index (κ2) is 8.22. The molecule has 1 fully saturated rings. The van der Waals surface area contributed by atoms with Crippen molar-refractivity contribution in [3.8, 4) is 11.5 Å². The second-order valence-corrected chi connectivity index (χ2v) is 8.16. The van der Waals surface area contributed by atoms with Crippen LogP contribution in [0, 0.1) is 11.8 Å². The summed E-state index contributed by atoms with van der Waals surface area (Å²) in [7, 11) is 0. The van der Waals surface area contributed by atoms with Crippen molar-refractivity contribution in [3.63, 3.8) is 0 Å². The predicted molar refractivity (Wildman–Crippen MR) is 115 cm³/mol. The van der Waals surface area contributed by atoms with Crippen molar-refractivity contribution in [3.05, 3.63) is 42.1 Å². The number of pyridine rings is 1. The molecule has 2 aliphatic rings. The number of nitrogens with zero attached hydrogens (tertiary/aromatic N) is 2. The number of fused-ring (bicyclic) bond motifs is 1. The van der Waals surface area contributed by atoms with E-state index < -0.39 is 0 Å². The molecule has 2 N–H and O–H groups in total. The number of hydrogen-bond donors (Lipinski definition) is 2. The van der Waals surface area contributed by atoms with Crippen molar-refractivity contribution in [2.75, 3.05) is 30.1 Å². The number of ether oxygens (including phenoxy) is 2. The first kappa shape index (κ1) is 18.8. The second-order valence-electron chi connectivity index (χ2n) is 7.75. The van der Waals surface area contributed by atoms with Crippen LogP contribution in [0.2, 0.25) is 0 Å². The first-order chi connectivity index (χ1) is 13.6. The summed E-state index contributed by atoms with van der Waals surface area (Å²) in [6.07, 6.45) is 3.13. The van der Waals surface area contributed by atoms with E-state index >= 15 is 0 Å². The minimum absolute atomic E-state index is 0.282. The molecule has 2 atom stereocenters. The van der Waals surface area contributed by atoms with Crippen LogP contribution < -0.4 is 25.0 Å². The number of benzene rings is 1. The molecule has 6 nitrogen and oxygen atoms in total. The molecule has 1 aromatic carbocycles. The molecule has 28 heavy (non-hydrogen) atoms. The number of anilines is 2. The third-order valence-corrected chi connectivity index (χ3v) is 5.34. The molecule has 1 aromatic heterocycles. The van der Waals surface area contributed by atoms with Crippen molar-refractivity contribution >= 4 is 28.8 Å². The largest absolute Gasteiger partial charge is 0.454 e. The molecule has 2 aliphatic heterocycles. The van der Waals surface area contributed by atoms with Gasteiger partial charge in [0, 0.05) is 19.6 Å². The molecule has 0 saturated carbocycles. The zero-order valence-electron chi connectivity index (χ0n) is 16.3. The molecule has 0 aliphatic carbocycles. The molecule has 0 unspecified atom stereocenters. The number of aromatic nitrogens is 1. The van der Waals surface area contributed by atoms with Crippen molar-refractivity contribution < 1.29 is 9.47 Å². The Morgan fingerprint density at radius 1 is 1.14 bits per heavy atom. The zero-order valence-corrected chi connectivity index (χ0v) is 17.1. The molecule has 4 rings (SSSR count). The number of rotatable bonds is 4. The summed E-state index contributed by atoms with van der Waals surface area (Å²) in [5.41, 5.74) is 1.96. The molecular formula is C21H26N4O2S. The van der Waals surface area contributed by atoms with Crippen LogP contribution in [0.1, 0.15) is 25.8 Å². The van der Waals surface area contributed by atoms with E-state index in [9.17, 15) is 0 Å². The normalized spacial score (nSPS) is 20.7. The van der Waals surface area contributed by atoms with E-state index in [1.54, 1.807) is 0 Å². The highest BCUT2D eigenvalue weighted by atomic mass is 32.1. The third-order valence-electron chi connectivity index (χ3n) is 5.09. The molecule has 148 valence electrons. The van der Waals surface area contributed by atoms with Crippen LogP contribution >= 0.6 is 12.2 Å². The molecule has 0 radical (unpaired) electrons. The molecule has 0 bridgehead atoms. The van der Waals surface area contributed by atoms with Gasteiger partial charge < -0.3 is 25.0 Å². The van der Waals surface area contributed by atoms with Crippen molar-refractivity contribution in [2.45, 2.75) is 26.8 Å². The lowest BCUT2D eigenvalue weighted by Crippen LogP contribution is -2.39. The van der Waals surface area contributed by atoms with Gasteiger partial charge in [-0.25, -0.2) is 4.98 Å². The molecule has 1 saturated heterocycles. The molecule has 0 spiro atoms. The van der Waals surface area contributed by atoms with Gasteiger partial charge in [0.05, 0.1) is 11.9 Å². The summed E-state index contributed by atoms with van der Waals surface area (Å²) in [5.74, 6) is 4.00. The molecule has 3 heterocycles. The Hall–Kier alpha value is -2.54. The summed E-state index contributed by atoms with van der Waals surface area (Å²) in [6.45, 7) is 7.65. The van der Waals surface area contributed by atoms with Crippen LogP contribution in [-0.2, 0) is 6.54 Å². The highest BCUT2D eigenvalue weighted by Crippen LogP contribution is 2.32. The van der Waals surface area contributed by atoms with E-state index in [0.717, 1.165) is 41.7 Å². The number of hydrogen-bond acceptors (Lipinski definition) is 5. The Morgan fingerprint density at radius 2 is 1.93 bits per heavy atom. The fourth-order valence-corrected chi connectivity index (χ4v) is 4.10. The van der Waals surface area contributed by atoms with Crippen molar-refractivity contribution in [1.29, 1.82) is 0 Å². The number of thiocarbonyl (C=S) groups is 1. The van der Waals surface area contributed by atoms with Gasteiger partial charge in [-0.2, -0.15) is 0 Å². The van der Waals surface area contributed by atoms with Crippen LogP contribution in [0.15, 0.2) is 36.5 Å². The third kappa shape index (κ3) is 4.47. The van der Waals surface area contributed by atoms with Gasteiger partial charge in [0.25, 0.3) is 0 Å². The number of nitrogens with one attached hydrogen (secondary N) is 2. The standard InChI is InChI=1S/C21H26N4O2S/c1-14-7-15(2)12-25(11-14)20-6-4-17(10-22-20)24-21(28)23-9-16-3-5-18-19(8-16)27-13-26-18/h3-6,8,10,14-15H,7,9,11-13H2,1-2H3,(H2,23,24,28)/t14-,15+. The monoisotopic (exact) mass is 398 g/mol. The van der Waals surface area contributed by atoms with Gasteiger partial charge in [0.2, 0.25) is 6.79 Å². The smallest absolute Gasteiger partial charge is 0.231 e. The van der Waals surface area contributed by atoms with Gasteiger partial charge in [0.1, 0.15) is 5.82 Å². The maximum atomic E-state index is 5.41. The Balaban J connectivity index is 1.29. The highest BCUT2D eigenvalue weighted by molar-refractivity contribution is 7.80. The van der Waals surface area contributed by atoms with E-state index in [-0.39, 0.29) is 6.79 Å². The maximum Gasteiger partial charge on any atom is 0.231 e. The van der Waals surface area contributed by atoms with Crippen LogP contribution in [-0.4, -0.2) is 30.0 Å². The fraction of sp³-hybridized carbons (Fsp3) is 0.429. The lowest BCUT2D eigenvalue weighted by atomic mass is 9.92. The van der Waals surface area contributed by atoms with Crippen molar-refractivity contribution in [1.82, 2.24) is 10.3 Å². The minimum atomic E-state index is 0.282. The molecule has 2 aromatic rings. The van der Waals surface area contributed by atoms with Gasteiger partial charge in [-0.3, -0.25) is 0 Å². The van der Waals surface area contributed by atoms with Gasteiger partial charge in [-0.15, -0.1) is 0 Å². The van der Waals surface area contributed by atoms with Crippen molar-refractivity contribution in [2.24, 2.45) is 11.8 Å². The Morgan fingerprint density at radius 3 is 2.68 bits per heavy atom. The van der Waals surface area contributed by atoms with E-state index in [1.165, 1.54) is 6.42 Å². The van der Waals surface area contributed by atoms with Gasteiger partial charge in [-0.05, 0) is 60.3 Å². The van der Waals surface area contributed by atoms with E-state index in [0.29, 0.717) is 23.5 Å². The summed E-state index contributed by atoms with van der Waals surface area (Å²) >= 11 is 5.41. The quantitative estimate of drug-likeness (QED) is 0.760. The SMILES string of the molecule is C[C@@H]1C[C@H](C)CN(c2ccc(NC(=S)NCc3ccc4c(c3)OCO4)cn2)C1. The lowest BCUT2D eigenvalue weighted by molar-refractivity contribution is 0.174. The summed E-state index contributed by atoms with van der Waals surface area (Å²) in [6, 6.07) is 9.98. The van der Waals surface area contributed by atoms with E-state index in [1.807, 2.05) is 30.5 Å². The van der Waals surface area contributed by atoms with Gasteiger partial charge in [-0.1, -0.05) is 19.9 Å². The fourth-order valence-electron chi connectivity index (χ4n) is 3.91.